The molecule has 0 aliphatic heterocycles. The molecule has 2 amide bonds. The summed E-state index contributed by atoms with van der Waals surface area (Å²) in [6, 6.07) is 13.0. The Morgan fingerprint density at radius 1 is 0.884 bits per heavy atom. The lowest BCUT2D eigenvalue weighted by Crippen LogP contribution is -2.51. The second-order valence-corrected chi connectivity index (χ2v) is 13.1. The van der Waals surface area contributed by atoms with Crippen molar-refractivity contribution in [2.45, 2.75) is 44.4 Å². The van der Waals surface area contributed by atoms with Crippen molar-refractivity contribution < 1.29 is 31.2 Å². The van der Waals surface area contributed by atoms with Crippen LogP contribution < -0.4 is 9.62 Å². The van der Waals surface area contributed by atoms with Crippen molar-refractivity contribution in [3.63, 3.8) is 0 Å². The molecule has 0 bridgehead atoms. The van der Waals surface area contributed by atoms with Crippen LogP contribution in [0.3, 0.4) is 0 Å². The van der Waals surface area contributed by atoms with Gasteiger partial charge in [0.1, 0.15) is 12.6 Å². The van der Waals surface area contributed by atoms with E-state index in [1.165, 1.54) is 43.3 Å². The molecule has 0 fully saturated rings. The van der Waals surface area contributed by atoms with Gasteiger partial charge in [-0.1, -0.05) is 72.9 Å². The Hall–Kier alpha value is -2.99. The fourth-order valence-electron chi connectivity index (χ4n) is 4.02. The molecule has 3 rings (SSSR count). The highest BCUT2D eigenvalue weighted by Crippen LogP contribution is 2.38. The monoisotopic (exact) mass is 677 g/mol. The molecule has 0 saturated heterocycles. The van der Waals surface area contributed by atoms with Gasteiger partial charge in [-0.15, -0.1) is 0 Å². The van der Waals surface area contributed by atoms with Gasteiger partial charge in [-0.25, -0.2) is 8.42 Å². The first-order valence-electron chi connectivity index (χ1n) is 13.0. The minimum atomic E-state index is -4.91. The third-order valence-electron chi connectivity index (χ3n) is 6.40. The lowest BCUT2D eigenvalue weighted by Gasteiger charge is -2.32. The Morgan fingerprint density at radius 2 is 1.49 bits per heavy atom. The number of anilines is 1. The Labute approximate surface area is 263 Å². The molecule has 0 spiro atoms. The molecule has 1 N–H and O–H groups in total. The van der Waals surface area contributed by atoms with Crippen LogP contribution in [0.2, 0.25) is 15.1 Å². The summed E-state index contributed by atoms with van der Waals surface area (Å²) >= 11 is 18.5. The molecule has 0 aromatic heterocycles. The third-order valence-corrected chi connectivity index (χ3v) is 9.22. The van der Waals surface area contributed by atoms with Crippen molar-refractivity contribution in [3.8, 4) is 0 Å². The van der Waals surface area contributed by atoms with Gasteiger partial charge < -0.3 is 10.2 Å². The normalized spacial score (nSPS) is 12.6. The number of nitrogens with zero attached hydrogens (tertiary/aromatic N) is 2. The highest BCUT2D eigenvalue weighted by molar-refractivity contribution is 7.92. The predicted octanol–water partition coefficient (Wildman–Crippen LogP) is 7.05. The fourth-order valence-corrected chi connectivity index (χ4v) is 6.19. The molecule has 14 heteroatoms. The van der Waals surface area contributed by atoms with Crippen molar-refractivity contribution in [3.05, 3.63) is 92.9 Å². The fraction of sp³-hybridized carbons (Fsp3) is 0.310. The van der Waals surface area contributed by atoms with E-state index in [0.717, 1.165) is 17.0 Å². The van der Waals surface area contributed by atoms with Crippen LogP contribution in [-0.2, 0) is 32.3 Å². The zero-order chi connectivity index (χ0) is 32.1. The van der Waals surface area contributed by atoms with E-state index < -0.39 is 56.9 Å². The molecule has 1 atom stereocenters. The van der Waals surface area contributed by atoms with Crippen LogP contribution in [0.5, 0.6) is 0 Å². The van der Waals surface area contributed by atoms with Gasteiger partial charge in [0.05, 0.1) is 21.2 Å². The maximum atomic E-state index is 14.0. The highest BCUT2D eigenvalue weighted by Gasteiger charge is 2.37. The van der Waals surface area contributed by atoms with E-state index >= 15 is 0 Å². The van der Waals surface area contributed by atoms with Gasteiger partial charge in [0.2, 0.25) is 11.8 Å². The van der Waals surface area contributed by atoms with Crippen molar-refractivity contribution in [1.82, 2.24) is 10.2 Å². The van der Waals surface area contributed by atoms with E-state index in [1.807, 2.05) is 13.8 Å². The third kappa shape index (κ3) is 8.56. The van der Waals surface area contributed by atoms with Crippen molar-refractivity contribution >= 4 is 62.3 Å². The summed E-state index contributed by atoms with van der Waals surface area (Å²) in [4.78, 5) is 27.9. The number of alkyl halides is 3. The predicted molar refractivity (Wildman–Crippen MR) is 162 cm³/mol. The quantitative estimate of drug-likeness (QED) is 0.236. The molecule has 0 heterocycles. The summed E-state index contributed by atoms with van der Waals surface area (Å²) in [5.41, 5.74) is -1.44. The number of rotatable bonds is 11. The number of hydrogen-bond donors (Lipinski definition) is 1. The van der Waals surface area contributed by atoms with E-state index in [9.17, 15) is 31.2 Å². The van der Waals surface area contributed by atoms with Crippen LogP contribution in [0.15, 0.2) is 71.6 Å². The Kier molecular flexibility index (Phi) is 11.4. The zero-order valence-corrected chi connectivity index (χ0v) is 26.4. The number of hydrogen-bond acceptors (Lipinski definition) is 4. The lowest BCUT2D eigenvalue weighted by atomic mass is 10.1. The van der Waals surface area contributed by atoms with E-state index in [-0.39, 0.29) is 27.4 Å². The SMILES string of the molecule is CC(C)CNC(=O)C(C)N(Cc1c(Cl)cccc1Cl)C(=O)CN(c1ccc(Cl)c(C(F)(F)F)c1)S(=O)(=O)c1ccccc1. The van der Waals surface area contributed by atoms with E-state index in [2.05, 4.69) is 5.32 Å². The van der Waals surface area contributed by atoms with E-state index in [4.69, 9.17) is 34.8 Å². The average molecular weight is 679 g/mol. The number of benzene rings is 3. The largest absolute Gasteiger partial charge is 0.417 e. The van der Waals surface area contributed by atoms with Crippen molar-refractivity contribution in [2.75, 3.05) is 17.4 Å². The van der Waals surface area contributed by atoms with Gasteiger partial charge in [-0.05, 0) is 55.3 Å². The van der Waals surface area contributed by atoms with Crippen molar-refractivity contribution in [1.29, 1.82) is 0 Å². The average Bonchev–Trinajstić information content (AvgIpc) is 2.94. The first-order valence-corrected chi connectivity index (χ1v) is 15.6. The summed E-state index contributed by atoms with van der Waals surface area (Å²) in [6.45, 7) is 4.26. The molecule has 43 heavy (non-hydrogen) atoms. The smallest absolute Gasteiger partial charge is 0.354 e. The first-order chi connectivity index (χ1) is 20.0. The Bertz CT molecular complexity index is 1550. The van der Waals surface area contributed by atoms with Crippen LogP contribution in [0.25, 0.3) is 0 Å². The first kappa shape index (κ1) is 34.5. The maximum Gasteiger partial charge on any atom is 0.417 e. The number of carbonyl (C=O) groups excluding carboxylic acids is 2. The molecule has 1 unspecified atom stereocenters. The molecular formula is C29H29Cl3F3N3O4S. The molecule has 0 aliphatic carbocycles. The van der Waals surface area contributed by atoms with E-state index in [1.54, 1.807) is 12.1 Å². The van der Waals surface area contributed by atoms with Gasteiger partial charge in [0.25, 0.3) is 10.0 Å². The van der Waals surface area contributed by atoms with Crippen LogP contribution in [-0.4, -0.2) is 44.3 Å². The number of nitrogens with one attached hydrogen (secondary N) is 1. The van der Waals surface area contributed by atoms with Gasteiger partial charge >= 0.3 is 6.18 Å². The van der Waals surface area contributed by atoms with Crippen LogP contribution in [0, 0.1) is 5.92 Å². The van der Waals surface area contributed by atoms with Gasteiger partial charge in [0, 0.05) is 28.7 Å². The molecule has 7 nitrogen and oxygen atoms in total. The molecule has 232 valence electrons. The minimum absolute atomic E-state index is 0.0950. The second-order valence-electron chi connectivity index (χ2n) is 10.0. The minimum Gasteiger partial charge on any atom is -0.354 e. The summed E-state index contributed by atoms with van der Waals surface area (Å²) in [5, 5.41) is 2.48. The summed E-state index contributed by atoms with van der Waals surface area (Å²) in [7, 11) is -4.59. The van der Waals surface area contributed by atoms with Crippen molar-refractivity contribution in [2.24, 2.45) is 5.92 Å². The standard InChI is InChI=1S/C29H29Cl3F3N3O4S/c1-18(2)15-36-28(40)19(3)37(16-22-24(30)10-7-11-25(22)31)27(39)17-38(43(41,42)21-8-5-4-6-9-21)20-12-13-26(32)23(14-20)29(33,34)35/h4-14,18-19H,15-17H2,1-3H3,(H,36,40). The van der Waals surface area contributed by atoms with E-state index in [0.29, 0.717) is 22.5 Å². The molecule has 3 aromatic rings. The number of amides is 2. The number of carbonyl (C=O) groups is 2. The van der Waals surface area contributed by atoms with Crippen LogP contribution >= 0.6 is 34.8 Å². The zero-order valence-electron chi connectivity index (χ0n) is 23.3. The Morgan fingerprint density at radius 3 is 2.05 bits per heavy atom. The maximum absolute atomic E-state index is 14.0. The topological polar surface area (TPSA) is 86.8 Å². The summed E-state index contributed by atoms with van der Waals surface area (Å²) in [6.07, 6.45) is -4.91. The second kappa shape index (κ2) is 14.2. The molecule has 3 aromatic carbocycles. The lowest BCUT2D eigenvalue weighted by molar-refractivity contribution is -0.139. The highest BCUT2D eigenvalue weighted by atomic mass is 35.5. The number of halogens is 6. The summed E-state index contributed by atoms with van der Waals surface area (Å²) in [5.74, 6) is -1.34. The molecular weight excluding hydrogens is 650 g/mol. The van der Waals surface area contributed by atoms with Gasteiger partial charge in [0.15, 0.2) is 0 Å². The Balaban J connectivity index is 2.13. The number of sulfonamides is 1. The summed E-state index contributed by atoms with van der Waals surface area (Å²) < 4.78 is 69.4. The van der Waals surface area contributed by atoms with Crippen LogP contribution in [0.4, 0.5) is 18.9 Å². The van der Waals surface area contributed by atoms with Gasteiger partial charge in [-0.2, -0.15) is 13.2 Å². The van der Waals surface area contributed by atoms with Crippen LogP contribution in [0.1, 0.15) is 31.9 Å². The van der Waals surface area contributed by atoms with Gasteiger partial charge in [-0.3, -0.25) is 13.9 Å². The molecule has 0 radical (unpaired) electrons. The molecule has 0 saturated carbocycles. The molecule has 0 aliphatic rings.